The van der Waals surface area contributed by atoms with E-state index in [0.717, 1.165) is 11.1 Å². The van der Waals surface area contributed by atoms with Crippen LogP contribution in [-0.4, -0.2) is 24.9 Å². The Bertz CT molecular complexity index is 828. The minimum atomic E-state index is -0.148. The first-order valence-corrected chi connectivity index (χ1v) is 8.87. The van der Waals surface area contributed by atoms with Crippen LogP contribution in [-0.2, 0) is 0 Å². The smallest absolute Gasteiger partial charge is 0.261 e. The first-order chi connectivity index (χ1) is 12.2. The van der Waals surface area contributed by atoms with E-state index in [1.165, 1.54) is 11.3 Å². The van der Waals surface area contributed by atoms with Gasteiger partial charge in [-0.1, -0.05) is 48.5 Å². The topological polar surface area (TPSA) is 58.2 Å². The Labute approximate surface area is 150 Å². The molecule has 0 aliphatic rings. The molecule has 0 fully saturated rings. The summed E-state index contributed by atoms with van der Waals surface area (Å²) < 4.78 is 0. The van der Waals surface area contributed by atoms with E-state index in [4.69, 9.17) is 0 Å². The standard InChI is InChI=1S/C20H18N2O2S/c23-19(21-12-13-22-20(24)18-7-4-14-25-18)17-10-8-16(9-11-17)15-5-2-1-3-6-15/h1-11,14H,12-13H2,(H,21,23)(H,22,24). The molecular formula is C20H18N2O2S. The highest BCUT2D eigenvalue weighted by molar-refractivity contribution is 7.12. The highest BCUT2D eigenvalue weighted by atomic mass is 32.1. The second-order valence-corrected chi connectivity index (χ2v) is 6.38. The lowest BCUT2D eigenvalue weighted by Gasteiger charge is -2.07. The van der Waals surface area contributed by atoms with Gasteiger partial charge >= 0.3 is 0 Å². The molecule has 126 valence electrons. The van der Waals surface area contributed by atoms with Gasteiger partial charge in [0.2, 0.25) is 0 Å². The van der Waals surface area contributed by atoms with Crippen molar-refractivity contribution >= 4 is 23.2 Å². The highest BCUT2D eigenvalue weighted by Gasteiger charge is 2.07. The molecule has 3 rings (SSSR count). The number of rotatable bonds is 6. The minimum absolute atomic E-state index is 0.114. The fourth-order valence-corrected chi connectivity index (χ4v) is 3.03. The molecule has 0 spiro atoms. The summed E-state index contributed by atoms with van der Waals surface area (Å²) in [6.45, 7) is 0.779. The molecule has 3 aromatic rings. The van der Waals surface area contributed by atoms with Crippen molar-refractivity contribution in [3.63, 3.8) is 0 Å². The van der Waals surface area contributed by atoms with E-state index in [0.29, 0.717) is 23.5 Å². The van der Waals surface area contributed by atoms with Crippen LogP contribution in [0.5, 0.6) is 0 Å². The second kappa shape index (κ2) is 8.26. The first kappa shape index (κ1) is 16.9. The van der Waals surface area contributed by atoms with Crippen molar-refractivity contribution < 1.29 is 9.59 Å². The Balaban J connectivity index is 1.47. The van der Waals surface area contributed by atoms with E-state index < -0.39 is 0 Å². The second-order valence-electron chi connectivity index (χ2n) is 5.43. The van der Waals surface area contributed by atoms with Crippen LogP contribution >= 0.6 is 11.3 Å². The van der Waals surface area contributed by atoms with Crippen LogP contribution in [0.1, 0.15) is 20.0 Å². The van der Waals surface area contributed by atoms with Crippen molar-refractivity contribution in [1.82, 2.24) is 10.6 Å². The molecule has 25 heavy (non-hydrogen) atoms. The summed E-state index contributed by atoms with van der Waals surface area (Å²) in [5, 5.41) is 7.44. The number of hydrogen-bond acceptors (Lipinski definition) is 3. The van der Waals surface area contributed by atoms with Gasteiger partial charge in [0.05, 0.1) is 4.88 Å². The lowest BCUT2D eigenvalue weighted by Crippen LogP contribution is -2.34. The van der Waals surface area contributed by atoms with Gasteiger partial charge in [0.1, 0.15) is 0 Å². The van der Waals surface area contributed by atoms with Crippen molar-refractivity contribution in [2.45, 2.75) is 0 Å². The third kappa shape index (κ3) is 4.55. The van der Waals surface area contributed by atoms with Gasteiger partial charge in [0, 0.05) is 18.7 Å². The fraction of sp³-hybridized carbons (Fsp3) is 0.100. The van der Waals surface area contributed by atoms with Crippen molar-refractivity contribution in [1.29, 1.82) is 0 Å². The summed E-state index contributed by atoms with van der Waals surface area (Å²) in [5.41, 5.74) is 2.79. The monoisotopic (exact) mass is 350 g/mol. The SMILES string of the molecule is O=C(NCCNC(=O)c1cccs1)c1ccc(-c2ccccc2)cc1. The van der Waals surface area contributed by atoms with Crippen LogP contribution < -0.4 is 10.6 Å². The average molecular weight is 350 g/mol. The van der Waals surface area contributed by atoms with Gasteiger partial charge in [0.15, 0.2) is 0 Å². The summed E-state index contributed by atoms with van der Waals surface area (Å²) >= 11 is 1.39. The predicted molar refractivity (Wildman–Crippen MR) is 101 cm³/mol. The molecule has 0 radical (unpaired) electrons. The van der Waals surface area contributed by atoms with E-state index in [-0.39, 0.29) is 11.8 Å². The molecule has 1 heterocycles. The van der Waals surface area contributed by atoms with Gasteiger partial charge in [-0.15, -0.1) is 11.3 Å². The molecule has 0 bridgehead atoms. The first-order valence-electron chi connectivity index (χ1n) is 7.99. The number of hydrogen-bond donors (Lipinski definition) is 2. The van der Waals surface area contributed by atoms with E-state index >= 15 is 0 Å². The zero-order chi connectivity index (χ0) is 17.5. The van der Waals surface area contributed by atoms with Crippen LogP contribution in [0, 0.1) is 0 Å². The maximum absolute atomic E-state index is 12.1. The molecule has 2 N–H and O–H groups in total. The number of thiophene rings is 1. The zero-order valence-corrected chi connectivity index (χ0v) is 14.4. The Kier molecular flexibility index (Phi) is 5.59. The summed E-state index contributed by atoms with van der Waals surface area (Å²) in [7, 11) is 0. The lowest BCUT2D eigenvalue weighted by atomic mass is 10.0. The summed E-state index contributed by atoms with van der Waals surface area (Å²) in [4.78, 5) is 24.6. The molecule has 2 amide bonds. The summed E-state index contributed by atoms with van der Waals surface area (Å²) in [6.07, 6.45) is 0. The Hall–Kier alpha value is -2.92. The van der Waals surface area contributed by atoms with Crippen LogP contribution in [0.4, 0.5) is 0 Å². The van der Waals surface area contributed by atoms with Gasteiger partial charge in [-0.3, -0.25) is 9.59 Å². The van der Waals surface area contributed by atoms with Crippen molar-refractivity contribution in [3.05, 3.63) is 82.6 Å². The van der Waals surface area contributed by atoms with Crippen LogP contribution in [0.15, 0.2) is 72.1 Å². The zero-order valence-electron chi connectivity index (χ0n) is 13.6. The molecule has 0 aliphatic carbocycles. The minimum Gasteiger partial charge on any atom is -0.350 e. The molecule has 0 unspecified atom stereocenters. The number of nitrogens with one attached hydrogen (secondary N) is 2. The predicted octanol–water partition coefficient (Wildman–Crippen LogP) is 3.57. The number of benzene rings is 2. The van der Waals surface area contributed by atoms with E-state index in [1.54, 1.807) is 6.07 Å². The van der Waals surface area contributed by atoms with Crippen LogP contribution in [0.2, 0.25) is 0 Å². The molecule has 0 aliphatic heterocycles. The molecule has 0 saturated heterocycles. The van der Waals surface area contributed by atoms with Gasteiger partial charge in [-0.05, 0) is 34.7 Å². The summed E-state index contributed by atoms with van der Waals surface area (Å²) in [5.74, 6) is -0.263. The Morgan fingerprint density at radius 3 is 2.00 bits per heavy atom. The van der Waals surface area contributed by atoms with Gasteiger partial charge in [0.25, 0.3) is 11.8 Å². The molecular weight excluding hydrogens is 332 g/mol. The fourth-order valence-electron chi connectivity index (χ4n) is 2.39. The van der Waals surface area contributed by atoms with Gasteiger partial charge in [-0.25, -0.2) is 0 Å². The van der Waals surface area contributed by atoms with Crippen molar-refractivity contribution in [3.8, 4) is 11.1 Å². The average Bonchev–Trinajstić information content (AvgIpc) is 3.21. The molecule has 0 atom stereocenters. The normalized spacial score (nSPS) is 10.2. The quantitative estimate of drug-likeness (QED) is 0.668. The highest BCUT2D eigenvalue weighted by Crippen LogP contribution is 2.19. The number of amides is 2. The summed E-state index contributed by atoms with van der Waals surface area (Å²) in [6, 6.07) is 21.1. The van der Waals surface area contributed by atoms with Gasteiger partial charge in [-0.2, -0.15) is 0 Å². The van der Waals surface area contributed by atoms with Crippen molar-refractivity contribution in [2.24, 2.45) is 0 Å². The number of carbonyl (C=O) groups excluding carboxylic acids is 2. The maximum atomic E-state index is 12.1. The number of carbonyl (C=O) groups is 2. The lowest BCUT2D eigenvalue weighted by molar-refractivity contribution is 0.0929. The van der Waals surface area contributed by atoms with Gasteiger partial charge < -0.3 is 10.6 Å². The molecule has 0 saturated carbocycles. The molecule has 5 heteroatoms. The largest absolute Gasteiger partial charge is 0.350 e. The molecule has 1 aromatic heterocycles. The Morgan fingerprint density at radius 1 is 0.720 bits per heavy atom. The van der Waals surface area contributed by atoms with Crippen molar-refractivity contribution in [2.75, 3.05) is 13.1 Å². The van der Waals surface area contributed by atoms with E-state index in [1.807, 2.05) is 66.0 Å². The third-order valence-electron chi connectivity index (χ3n) is 3.70. The maximum Gasteiger partial charge on any atom is 0.261 e. The molecule has 2 aromatic carbocycles. The van der Waals surface area contributed by atoms with E-state index in [9.17, 15) is 9.59 Å². The van der Waals surface area contributed by atoms with Crippen LogP contribution in [0.3, 0.4) is 0 Å². The third-order valence-corrected chi connectivity index (χ3v) is 4.56. The van der Waals surface area contributed by atoms with E-state index in [2.05, 4.69) is 10.6 Å². The van der Waals surface area contributed by atoms with Crippen LogP contribution in [0.25, 0.3) is 11.1 Å². The molecule has 4 nitrogen and oxygen atoms in total. The Morgan fingerprint density at radius 2 is 1.36 bits per heavy atom.